The van der Waals surface area contributed by atoms with Crippen molar-refractivity contribution in [2.24, 2.45) is 0 Å². The molecule has 5 aromatic rings. The molecule has 1 unspecified atom stereocenters. The van der Waals surface area contributed by atoms with E-state index in [2.05, 4.69) is 39.0 Å². The van der Waals surface area contributed by atoms with Crippen molar-refractivity contribution in [3.8, 4) is 5.75 Å². The predicted octanol–water partition coefficient (Wildman–Crippen LogP) is 5.22. The Balaban J connectivity index is 1.22. The number of aromatic nitrogens is 3. The standard InChI is InChI=1S/C25H23N3O3S/c1-17-7-6-8-19(13-17)30-15-24-26-27-25(31-24)32-16-18(29)14-28-22-11-4-2-9-20(22)21-10-3-5-12-23(21)28/h2-13,18,29H,14-16H2,1H3. The summed E-state index contributed by atoms with van der Waals surface area (Å²) in [5.74, 6) is 1.62. The largest absolute Gasteiger partial charge is 0.484 e. The van der Waals surface area contributed by atoms with Crippen LogP contribution >= 0.6 is 11.8 Å². The van der Waals surface area contributed by atoms with Gasteiger partial charge in [0.15, 0.2) is 6.61 Å². The third-order valence-electron chi connectivity index (χ3n) is 5.27. The molecule has 0 amide bonds. The lowest BCUT2D eigenvalue weighted by Gasteiger charge is -2.12. The third kappa shape index (κ3) is 4.35. The number of rotatable bonds is 8. The van der Waals surface area contributed by atoms with Gasteiger partial charge in [-0.3, -0.25) is 0 Å². The second-order valence-corrected chi connectivity index (χ2v) is 8.65. The number of aliphatic hydroxyl groups excluding tert-OH is 1. The van der Waals surface area contributed by atoms with Crippen molar-refractivity contribution in [2.75, 3.05) is 5.75 Å². The molecule has 6 nitrogen and oxygen atoms in total. The van der Waals surface area contributed by atoms with E-state index in [4.69, 9.17) is 9.15 Å². The molecule has 2 aromatic heterocycles. The van der Waals surface area contributed by atoms with Gasteiger partial charge in [0.25, 0.3) is 11.1 Å². The number of para-hydroxylation sites is 2. The highest BCUT2D eigenvalue weighted by atomic mass is 32.2. The molecule has 0 bridgehead atoms. The van der Waals surface area contributed by atoms with Gasteiger partial charge in [-0.2, -0.15) is 0 Å². The molecule has 7 heteroatoms. The molecule has 2 heterocycles. The summed E-state index contributed by atoms with van der Waals surface area (Å²) in [5.41, 5.74) is 3.36. The van der Waals surface area contributed by atoms with Crippen LogP contribution in [-0.4, -0.2) is 31.7 Å². The van der Waals surface area contributed by atoms with E-state index in [1.807, 2.05) is 55.5 Å². The zero-order valence-corrected chi connectivity index (χ0v) is 18.5. The first kappa shape index (κ1) is 20.6. The first-order valence-electron chi connectivity index (χ1n) is 10.5. The van der Waals surface area contributed by atoms with Crippen LogP contribution < -0.4 is 4.74 Å². The summed E-state index contributed by atoms with van der Waals surface area (Å²) in [6.45, 7) is 2.71. The van der Waals surface area contributed by atoms with Crippen molar-refractivity contribution in [2.45, 2.75) is 31.4 Å². The Kier molecular flexibility index (Phi) is 5.83. The highest BCUT2D eigenvalue weighted by Gasteiger charge is 2.15. The molecule has 0 spiro atoms. The maximum atomic E-state index is 10.7. The lowest BCUT2D eigenvalue weighted by molar-refractivity contribution is 0.181. The van der Waals surface area contributed by atoms with E-state index >= 15 is 0 Å². The number of hydrogen-bond donors (Lipinski definition) is 1. The maximum Gasteiger partial charge on any atom is 0.276 e. The number of aliphatic hydroxyl groups is 1. The van der Waals surface area contributed by atoms with Gasteiger partial charge in [0.2, 0.25) is 0 Å². The molecule has 1 N–H and O–H groups in total. The molecule has 0 aliphatic rings. The van der Waals surface area contributed by atoms with Gasteiger partial charge >= 0.3 is 0 Å². The smallest absolute Gasteiger partial charge is 0.276 e. The zero-order valence-electron chi connectivity index (χ0n) is 17.6. The van der Waals surface area contributed by atoms with Crippen LogP contribution in [0.4, 0.5) is 0 Å². The van der Waals surface area contributed by atoms with E-state index in [0.29, 0.717) is 23.4 Å². The van der Waals surface area contributed by atoms with Crippen LogP contribution in [0.1, 0.15) is 11.5 Å². The molecular weight excluding hydrogens is 422 g/mol. The number of nitrogens with zero attached hydrogens (tertiary/aromatic N) is 3. The number of thioether (sulfide) groups is 1. The molecule has 0 aliphatic carbocycles. The number of hydrogen-bond acceptors (Lipinski definition) is 6. The maximum absolute atomic E-state index is 10.7. The van der Waals surface area contributed by atoms with E-state index < -0.39 is 6.10 Å². The fraction of sp³-hybridized carbons (Fsp3) is 0.200. The Morgan fingerprint density at radius 3 is 2.41 bits per heavy atom. The molecule has 5 rings (SSSR count). The molecule has 0 saturated heterocycles. The molecule has 0 radical (unpaired) electrons. The van der Waals surface area contributed by atoms with Gasteiger partial charge in [0.05, 0.1) is 12.6 Å². The average Bonchev–Trinajstić information content (AvgIpc) is 3.40. The number of aryl methyl sites for hydroxylation is 1. The summed E-state index contributed by atoms with van der Waals surface area (Å²) in [7, 11) is 0. The van der Waals surface area contributed by atoms with Gasteiger partial charge in [0.1, 0.15) is 5.75 Å². The minimum Gasteiger partial charge on any atom is -0.484 e. The summed E-state index contributed by atoms with van der Waals surface area (Å²) >= 11 is 1.35. The number of ether oxygens (including phenoxy) is 1. The topological polar surface area (TPSA) is 73.3 Å². The van der Waals surface area contributed by atoms with Gasteiger partial charge < -0.3 is 18.8 Å². The van der Waals surface area contributed by atoms with E-state index in [1.54, 1.807) is 0 Å². The molecule has 162 valence electrons. The predicted molar refractivity (Wildman–Crippen MR) is 126 cm³/mol. The Morgan fingerprint density at radius 1 is 0.969 bits per heavy atom. The molecular formula is C25H23N3O3S. The fourth-order valence-electron chi connectivity index (χ4n) is 3.84. The molecule has 3 aromatic carbocycles. The van der Waals surface area contributed by atoms with Crippen molar-refractivity contribution in [3.63, 3.8) is 0 Å². The van der Waals surface area contributed by atoms with Crippen molar-refractivity contribution in [1.29, 1.82) is 0 Å². The van der Waals surface area contributed by atoms with Gasteiger partial charge in [-0.25, -0.2) is 0 Å². The SMILES string of the molecule is Cc1cccc(OCc2nnc(SCC(O)Cn3c4ccccc4c4ccccc43)o2)c1. The van der Waals surface area contributed by atoms with Gasteiger partial charge in [-0.05, 0) is 36.8 Å². The van der Waals surface area contributed by atoms with E-state index in [0.717, 1.165) is 22.3 Å². The molecule has 32 heavy (non-hydrogen) atoms. The Hall–Kier alpha value is -3.29. The fourth-order valence-corrected chi connectivity index (χ4v) is 4.53. The van der Waals surface area contributed by atoms with Crippen molar-refractivity contribution < 1.29 is 14.3 Å². The van der Waals surface area contributed by atoms with Crippen LogP contribution in [-0.2, 0) is 13.2 Å². The Morgan fingerprint density at radius 2 is 1.69 bits per heavy atom. The summed E-state index contributed by atoms with van der Waals surface area (Å²) in [6, 6.07) is 24.4. The summed E-state index contributed by atoms with van der Waals surface area (Å²) < 4.78 is 13.5. The first-order valence-corrected chi connectivity index (χ1v) is 11.4. The second kappa shape index (κ2) is 9.06. The monoisotopic (exact) mass is 445 g/mol. The molecule has 0 aliphatic heterocycles. The first-order chi connectivity index (χ1) is 15.7. The second-order valence-electron chi connectivity index (χ2n) is 7.68. The zero-order chi connectivity index (χ0) is 21.9. The number of fused-ring (bicyclic) bond motifs is 3. The van der Waals surface area contributed by atoms with E-state index in [1.165, 1.54) is 22.5 Å². The van der Waals surface area contributed by atoms with Crippen LogP contribution in [0.2, 0.25) is 0 Å². The molecule has 1 atom stereocenters. The minimum absolute atomic E-state index is 0.209. The molecule has 0 saturated carbocycles. The van der Waals surface area contributed by atoms with Crippen molar-refractivity contribution in [1.82, 2.24) is 14.8 Å². The third-order valence-corrected chi connectivity index (χ3v) is 6.24. The highest BCUT2D eigenvalue weighted by molar-refractivity contribution is 7.99. The quantitative estimate of drug-likeness (QED) is 0.330. The van der Waals surface area contributed by atoms with Crippen LogP contribution in [0.3, 0.4) is 0 Å². The van der Waals surface area contributed by atoms with Gasteiger partial charge in [-0.1, -0.05) is 60.3 Å². The summed E-state index contributed by atoms with van der Waals surface area (Å²) in [4.78, 5) is 0. The van der Waals surface area contributed by atoms with Crippen LogP contribution in [0, 0.1) is 6.92 Å². The minimum atomic E-state index is -0.571. The summed E-state index contributed by atoms with van der Waals surface area (Å²) in [5, 5.41) is 21.6. The van der Waals surface area contributed by atoms with E-state index in [9.17, 15) is 5.11 Å². The van der Waals surface area contributed by atoms with Crippen LogP contribution in [0.25, 0.3) is 21.8 Å². The Labute approximate surface area is 189 Å². The highest BCUT2D eigenvalue weighted by Crippen LogP contribution is 2.29. The average molecular weight is 446 g/mol. The van der Waals surface area contributed by atoms with Crippen LogP contribution in [0.15, 0.2) is 82.4 Å². The normalized spacial score (nSPS) is 12.4. The van der Waals surface area contributed by atoms with Gasteiger partial charge in [-0.15, -0.1) is 10.2 Å². The van der Waals surface area contributed by atoms with Crippen molar-refractivity contribution >= 4 is 33.6 Å². The Bertz CT molecular complexity index is 1310. The van der Waals surface area contributed by atoms with E-state index in [-0.39, 0.29) is 6.61 Å². The molecule has 0 fully saturated rings. The number of benzene rings is 3. The lowest BCUT2D eigenvalue weighted by Crippen LogP contribution is -2.18. The lowest BCUT2D eigenvalue weighted by atomic mass is 10.2. The summed E-state index contributed by atoms with van der Waals surface area (Å²) in [6.07, 6.45) is -0.571. The van der Waals surface area contributed by atoms with Crippen molar-refractivity contribution in [3.05, 3.63) is 84.3 Å². The van der Waals surface area contributed by atoms with Gasteiger partial charge in [0, 0.05) is 27.6 Å². The van der Waals surface area contributed by atoms with Crippen LogP contribution in [0.5, 0.6) is 5.75 Å².